The summed E-state index contributed by atoms with van der Waals surface area (Å²) in [7, 11) is 1.57. The Labute approximate surface area is 123 Å². The zero-order chi connectivity index (χ0) is 15.0. The van der Waals surface area contributed by atoms with Gasteiger partial charge in [-0.05, 0) is 37.3 Å². The predicted molar refractivity (Wildman–Crippen MR) is 77.9 cm³/mol. The number of halogens is 1. The molecule has 112 valence electrons. The molecule has 2 aromatic rings. The summed E-state index contributed by atoms with van der Waals surface area (Å²) in [4.78, 5) is 12.8. The van der Waals surface area contributed by atoms with Crippen LogP contribution in [0.1, 0.15) is 43.2 Å². The van der Waals surface area contributed by atoms with Crippen molar-refractivity contribution in [2.45, 2.75) is 38.2 Å². The van der Waals surface area contributed by atoms with E-state index in [1.165, 1.54) is 6.07 Å². The molecule has 1 aliphatic carbocycles. The number of hydrogen-bond acceptors (Lipinski definition) is 3. The van der Waals surface area contributed by atoms with Crippen LogP contribution in [0.2, 0.25) is 0 Å². The molecule has 2 unspecified atom stereocenters. The third-order valence-electron chi connectivity index (χ3n) is 4.48. The molecule has 0 amide bonds. The van der Waals surface area contributed by atoms with Gasteiger partial charge in [-0.2, -0.15) is 0 Å². The van der Waals surface area contributed by atoms with Crippen molar-refractivity contribution in [3.63, 3.8) is 0 Å². The standard InChI is InChI=1S/C17H19FO3/c1-11-5-4-8-17(10-11,20-2)16(19)14-9-12-6-3-7-13(18)15(12)21-14/h3,6-7,9,11H,4-5,8,10H2,1-2H3. The van der Waals surface area contributed by atoms with Crippen LogP contribution in [0.5, 0.6) is 0 Å². The largest absolute Gasteiger partial charge is 0.450 e. The Morgan fingerprint density at radius 2 is 2.29 bits per heavy atom. The van der Waals surface area contributed by atoms with Crippen molar-refractivity contribution in [2.75, 3.05) is 7.11 Å². The summed E-state index contributed by atoms with van der Waals surface area (Å²) in [5.41, 5.74) is -0.696. The third kappa shape index (κ3) is 2.38. The van der Waals surface area contributed by atoms with Gasteiger partial charge in [0, 0.05) is 12.5 Å². The molecule has 1 saturated carbocycles. The van der Waals surface area contributed by atoms with E-state index in [1.54, 1.807) is 25.3 Å². The molecule has 0 radical (unpaired) electrons. The second-order valence-corrected chi connectivity index (χ2v) is 6.00. The van der Waals surface area contributed by atoms with Crippen LogP contribution < -0.4 is 0 Å². The number of furan rings is 1. The molecule has 3 rings (SSSR count). The summed E-state index contributed by atoms with van der Waals surface area (Å²) >= 11 is 0. The van der Waals surface area contributed by atoms with E-state index >= 15 is 0 Å². The number of carbonyl (C=O) groups is 1. The van der Waals surface area contributed by atoms with Gasteiger partial charge in [0.05, 0.1) is 0 Å². The van der Waals surface area contributed by atoms with E-state index in [9.17, 15) is 9.18 Å². The van der Waals surface area contributed by atoms with E-state index < -0.39 is 11.4 Å². The van der Waals surface area contributed by atoms with Crippen LogP contribution in [-0.4, -0.2) is 18.5 Å². The molecular weight excluding hydrogens is 271 g/mol. The minimum atomic E-state index is -0.831. The van der Waals surface area contributed by atoms with Crippen molar-refractivity contribution in [3.8, 4) is 0 Å². The number of fused-ring (bicyclic) bond motifs is 1. The summed E-state index contributed by atoms with van der Waals surface area (Å²) in [6.07, 6.45) is 3.43. The fraction of sp³-hybridized carbons (Fsp3) is 0.471. The Hall–Kier alpha value is -1.68. The maximum Gasteiger partial charge on any atom is 0.229 e. The SMILES string of the molecule is COC1(C(=O)c2cc3cccc(F)c3o2)CCCC(C)C1. The van der Waals surface area contributed by atoms with E-state index in [-0.39, 0.29) is 17.1 Å². The molecule has 1 aromatic heterocycles. The highest BCUT2D eigenvalue weighted by Crippen LogP contribution is 2.38. The quantitative estimate of drug-likeness (QED) is 0.789. The first-order chi connectivity index (χ1) is 10.1. The summed E-state index contributed by atoms with van der Waals surface area (Å²) in [6.45, 7) is 2.12. The number of methoxy groups -OCH3 is 1. The monoisotopic (exact) mass is 290 g/mol. The minimum absolute atomic E-state index is 0.135. The number of hydrogen-bond donors (Lipinski definition) is 0. The Bertz CT molecular complexity index is 676. The average molecular weight is 290 g/mol. The molecule has 2 atom stereocenters. The number of ketones is 1. The van der Waals surface area contributed by atoms with Gasteiger partial charge in [0.15, 0.2) is 17.2 Å². The van der Waals surface area contributed by atoms with Crippen molar-refractivity contribution >= 4 is 16.8 Å². The molecule has 0 N–H and O–H groups in total. The lowest BCUT2D eigenvalue weighted by Gasteiger charge is -2.36. The van der Waals surface area contributed by atoms with Gasteiger partial charge in [-0.25, -0.2) is 4.39 Å². The van der Waals surface area contributed by atoms with Crippen LogP contribution >= 0.6 is 0 Å². The lowest BCUT2D eigenvalue weighted by molar-refractivity contribution is -0.0318. The summed E-state index contributed by atoms with van der Waals surface area (Å²) in [5, 5.41) is 0.605. The highest BCUT2D eigenvalue weighted by atomic mass is 19.1. The zero-order valence-corrected chi connectivity index (χ0v) is 12.3. The molecule has 4 heteroatoms. The molecule has 1 aromatic carbocycles. The Morgan fingerprint density at radius 3 is 2.95 bits per heavy atom. The second-order valence-electron chi connectivity index (χ2n) is 6.00. The van der Waals surface area contributed by atoms with Crippen molar-refractivity contribution in [2.24, 2.45) is 5.92 Å². The lowest BCUT2D eigenvalue weighted by atomic mass is 9.76. The van der Waals surface area contributed by atoms with E-state index in [4.69, 9.17) is 9.15 Å². The first-order valence-corrected chi connectivity index (χ1v) is 7.34. The van der Waals surface area contributed by atoms with Gasteiger partial charge in [0.2, 0.25) is 5.78 Å². The molecular formula is C17H19FO3. The normalized spacial score (nSPS) is 26.1. The number of carbonyl (C=O) groups excluding carboxylic acids is 1. The van der Waals surface area contributed by atoms with Gasteiger partial charge in [-0.3, -0.25) is 4.79 Å². The Balaban J connectivity index is 2.00. The maximum atomic E-state index is 13.7. The lowest BCUT2D eigenvalue weighted by Crippen LogP contribution is -2.44. The molecule has 21 heavy (non-hydrogen) atoms. The molecule has 0 spiro atoms. The highest BCUT2D eigenvalue weighted by molar-refractivity contribution is 6.03. The van der Waals surface area contributed by atoms with Gasteiger partial charge in [0.25, 0.3) is 0 Å². The Morgan fingerprint density at radius 1 is 1.48 bits per heavy atom. The van der Waals surface area contributed by atoms with Crippen LogP contribution in [0.25, 0.3) is 11.0 Å². The van der Waals surface area contributed by atoms with E-state index in [2.05, 4.69) is 6.92 Å². The first kappa shape index (κ1) is 14.3. The van der Waals surface area contributed by atoms with E-state index in [0.717, 1.165) is 12.8 Å². The molecule has 0 saturated heterocycles. The van der Waals surface area contributed by atoms with Gasteiger partial charge in [-0.15, -0.1) is 0 Å². The topological polar surface area (TPSA) is 39.4 Å². The smallest absolute Gasteiger partial charge is 0.229 e. The van der Waals surface area contributed by atoms with Gasteiger partial charge in [-0.1, -0.05) is 25.5 Å². The summed E-state index contributed by atoms with van der Waals surface area (Å²) in [6, 6.07) is 6.29. The Kier molecular flexibility index (Phi) is 3.57. The van der Waals surface area contributed by atoms with Gasteiger partial charge < -0.3 is 9.15 Å². The number of para-hydroxylation sites is 1. The number of rotatable bonds is 3. The third-order valence-corrected chi connectivity index (χ3v) is 4.48. The number of ether oxygens (including phenoxy) is 1. The number of benzene rings is 1. The van der Waals surface area contributed by atoms with Crippen LogP contribution in [0, 0.1) is 11.7 Å². The van der Waals surface area contributed by atoms with E-state index in [1.807, 2.05) is 0 Å². The second kappa shape index (κ2) is 5.26. The van der Waals surface area contributed by atoms with Gasteiger partial charge >= 0.3 is 0 Å². The molecule has 1 fully saturated rings. The van der Waals surface area contributed by atoms with Crippen molar-refractivity contribution < 1.29 is 18.3 Å². The fourth-order valence-electron chi connectivity index (χ4n) is 3.35. The van der Waals surface area contributed by atoms with E-state index in [0.29, 0.717) is 24.1 Å². The fourth-order valence-corrected chi connectivity index (χ4v) is 3.35. The molecule has 0 bridgehead atoms. The van der Waals surface area contributed by atoms with Crippen LogP contribution in [0.4, 0.5) is 4.39 Å². The summed E-state index contributed by atoms with van der Waals surface area (Å²) < 4.78 is 24.8. The molecule has 1 aliphatic rings. The van der Waals surface area contributed by atoms with Crippen molar-refractivity contribution in [1.82, 2.24) is 0 Å². The van der Waals surface area contributed by atoms with Crippen molar-refractivity contribution in [1.29, 1.82) is 0 Å². The molecule has 0 aliphatic heterocycles. The average Bonchev–Trinajstić information content (AvgIpc) is 2.92. The molecule has 3 nitrogen and oxygen atoms in total. The van der Waals surface area contributed by atoms with Crippen LogP contribution in [0.3, 0.4) is 0 Å². The first-order valence-electron chi connectivity index (χ1n) is 7.34. The number of Topliss-reactive ketones (excluding diaryl/α,β-unsaturated/α-hetero) is 1. The van der Waals surface area contributed by atoms with Crippen LogP contribution in [-0.2, 0) is 4.74 Å². The molecule has 1 heterocycles. The van der Waals surface area contributed by atoms with Crippen molar-refractivity contribution in [3.05, 3.63) is 35.8 Å². The minimum Gasteiger partial charge on any atom is -0.450 e. The van der Waals surface area contributed by atoms with Gasteiger partial charge in [0.1, 0.15) is 5.60 Å². The highest BCUT2D eigenvalue weighted by Gasteiger charge is 2.43. The summed E-state index contributed by atoms with van der Waals surface area (Å²) in [5.74, 6) is -0.00278. The van der Waals surface area contributed by atoms with Crippen LogP contribution in [0.15, 0.2) is 28.7 Å². The zero-order valence-electron chi connectivity index (χ0n) is 12.3. The maximum absolute atomic E-state index is 13.7. The predicted octanol–water partition coefficient (Wildman–Crippen LogP) is 4.35.